The Morgan fingerprint density at radius 2 is 2.10 bits per heavy atom. The zero-order chi connectivity index (χ0) is 15.5. The molecule has 1 aromatic heterocycles. The van der Waals surface area contributed by atoms with Gasteiger partial charge in [-0.2, -0.15) is 0 Å². The van der Waals surface area contributed by atoms with Crippen molar-refractivity contribution in [2.45, 2.75) is 31.7 Å². The summed E-state index contributed by atoms with van der Waals surface area (Å²) in [6.45, 7) is 5.91. The highest BCUT2D eigenvalue weighted by Gasteiger charge is 2.26. The van der Waals surface area contributed by atoms with E-state index in [4.69, 9.17) is 19.8 Å². The molecule has 0 aromatic carbocycles. The summed E-state index contributed by atoms with van der Waals surface area (Å²) in [7, 11) is 2.89. The Morgan fingerprint density at radius 1 is 1.50 bits per heavy atom. The molecule has 0 aliphatic rings. The lowest BCUT2D eigenvalue weighted by Crippen LogP contribution is -2.39. The van der Waals surface area contributed by atoms with Crippen LogP contribution in [0.15, 0.2) is 15.4 Å². The summed E-state index contributed by atoms with van der Waals surface area (Å²) in [5, 5.41) is 0. The van der Waals surface area contributed by atoms with E-state index in [-0.39, 0.29) is 22.5 Å². The minimum Gasteiger partial charge on any atom is -0.455 e. The van der Waals surface area contributed by atoms with Gasteiger partial charge in [0.1, 0.15) is 10.7 Å². The number of methoxy groups -OCH3 is 1. The molecular formula is C12H18ClNO5S. The lowest BCUT2D eigenvalue weighted by atomic mass is 10.3. The summed E-state index contributed by atoms with van der Waals surface area (Å²) in [6.07, 6.45) is 0. The van der Waals surface area contributed by atoms with Crippen LogP contribution in [0.3, 0.4) is 0 Å². The van der Waals surface area contributed by atoms with E-state index in [1.807, 2.05) is 13.8 Å². The maximum Gasteiger partial charge on any atom is 0.289 e. The van der Waals surface area contributed by atoms with E-state index in [1.165, 1.54) is 18.9 Å². The van der Waals surface area contributed by atoms with Gasteiger partial charge in [0, 0.05) is 36.4 Å². The summed E-state index contributed by atoms with van der Waals surface area (Å²) in [5.41, 5.74) is 0. The largest absolute Gasteiger partial charge is 0.455 e. The van der Waals surface area contributed by atoms with Crippen molar-refractivity contribution < 1.29 is 22.4 Å². The third-order valence-corrected chi connectivity index (χ3v) is 4.20. The van der Waals surface area contributed by atoms with Crippen molar-refractivity contribution in [1.29, 1.82) is 0 Å². The van der Waals surface area contributed by atoms with Gasteiger partial charge in [0.05, 0.1) is 6.61 Å². The molecule has 0 saturated heterocycles. The zero-order valence-corrected chi connectivity index (χ0v) is 13.4. The number of nitrogens with zero attached hydrogens (tertiary/aromatic N) is 1. The number of hydrogen-bond acceptors (Lipinski definition) is 5. The van der Waals surface area contributed by atoms with E-state index in [0.29, 0.717) is 13.2 Å². The lowest BCUT2D eigenvalue weighted by Gasteiger charge is -2.25. The van der Waals surface area contributed by atoms with Crippen LogP contribution in [0.2, 0.25) is 0 Å². The van der Waals surface area contributed by atoms with Crippen molar-refractivity contribution in [3.63, 3.8) is 0 Å². The normalized spacial score (nSPS) is 11.9. The molecule has 0 unspecified atom stereocenters. The number of hydrogen-bond donors (Lipinski definition) is 0. The maximum absolute atomic E-state index is 12.3. The summed E-state index contributed by atoms with van der Waals surface area (Å²) < 4.78 is 32.8. The first-order valence-electron chi connectivity index (χ1n) is 6.03. The summed E-state index contributed by atoms with van der Waals surface area (Å²) in [4.78, 5) is 13.7. The van der Waals surface area contributed by atoms with E-state index in [9.17, 15) is 13.2 Å². The molecule has 0 saturated carbocycles. The molecule has 0 atom stereocenters. The molecule has 1 rings (SSSR count). The van der Waals surface area contributed by atoms with Gasteiger partial charge in [0.15, 0.2) is 5.76 Å². The molecule has 1 heterocycles. The number of halogens is 1. The number of rotatable bonds is 6. The quantitative estimate of drug-likeness (QED) is 0.748. The molecule has 0 aliphatic carbocycles. The minimum absolute atomic E-state index is 0.0495. The Kier molecular flexibility index (Phi) is 5.61. The van der Waals surface area contributed by atoms with Crippen LogP contribution in [0.4, 0.5) is 0 Å². The van der Waals surface area contributed by atoms with Crippen LogP contribution in [0.25, 0.3) is 0 Å². The van der Waals surface area contributed by atoms with Crippen molar-refractivity contribution >= 4 is 25.6 Å². The molecule has 0 spiro atoms. The number of ether oxygens (including phenoxy) is 1. The number of aryl methyl sites for hydroxylation is 1. The van der Waals surface area contributed by atoms with E-state index in [2.05, 4.69) is 0 Å². The van der Waals surface area contributed by atoms with Gasteiger partial charge in [-0.05, 0) is 20.8 Å². The second kappa shape index (κ2) is 6.60. The Labute approximate surface area is 123 Å². The molecule has 1 amide bonds. The van der Waals surface area contributed by atoms with Gasteiger partial charge in [-0.25, -0.2) is 8.42 Å². The van der Waals surface area contributed by atoms with Crippen LogP contribution >= 0.6 is 10.7 Å². The summed E-state index contributed by atoms with van der Waals surface area (Å²) in [5.74, 6) is -0.350. The fraction of sp³-hybridized carbons (Fsp3) is 0.583. The fourth-order valence-electron chi connectivity index (χ4n) is 1.74. The number of carbonyl (C=O) groups excluding carboxylic acids is 1. The smallest absolute Gasteiger partial charge is 0.289 e. The predicted octanol–water partition coefficient (Wildman–Crippen LogP) is 2.01. The number of amides is 1. The van der Waals surface area contributed by atoms with E-state index in [0.717, 1.165) is 6.07 Å². The van der Waals surface area contributed by atoms with Gasteiger partial charge in [-0.15, -0.1) is 0 Å². The number of carbonyl (C=O) groups is 1. The Morgan fingerprint density at radius 3 is 2.50 bits per heavy atom. The second-order valence-electron chi connectivity index (χ2n) is 4.55. The molecule has 0 bridgehead atoms. The van der Waals surface area contributed by atoms with E-state index < -0.39 is 15.0 Å². The molecule has 0 aliphatic heterocycles. The average Bonchev–Trinajstić information content (AvgIpc) is 2.71. The van der Waals surface area contributed by atoms with Crippen LogP contribution in [-0.2, 0) is 13.8 Å². The molecule has 0 fully saturated rings. The first-order chi connectivity index (χ1) is 9.18. The monoisotopic (exact) mass is 323 g/mol. The minimum atomic E-state index is -3.93. The Bertz CT molecular complexity index is 579. The van der Waals surface area contributed by atoms with Crippen molar-refractivity contribution in [1.82, 2.24) is 4.90 Å². The molecule has 0 N–H and O–H groups in total. The number of furan rings is 1. The zero-order valence-electron chi connectivity index (χ0n) is 11.8. The van der Waals surface area contributed by atoms with Crippen molar-refractivity contribution in [2.75, 3.05) is 20.3 Å². The third-order valence-electron chi connectivity index (χ3n) is 2.77. The first-order valence-corrected chi connectivity index (χ1v) is 8.34. The Hall–Kier alpha value is -1.05. The van der Waals surface area contributed by atoms with Crippen LogP contribution in [0.5, 0.6) is 0 Å². The summed E-state index contributed by atoms with van der Waals surface area (Å²) in [6, 6.07) is 1.08. The van der Waals surface area contributed by atoms with Gasteiger partial charge < -0.3 is 14.1 Å². The van der Waals surface area contributed by atoms with Crippen LogP contribution in [-0.4, -0.2) is 45.5 Å². The highest BCUT2D eigenvalue weighted by molar-refractivity contribution is 8.13. The standard InChI is InChI=1S/C12H18ClNO5S/c1-8(2)14(5-6-18-4)12(15)10-7-11(9(3)19-10)20(13,16)17/h7-8H,5-6H2,1-4H3. The molecule has 6 nitrogen and oxygen atoms in total. The van der Waals surface area contributed by atoms with E-state index in [1.54, 1.807) is 0 Å². The maximum atomic E-state index is 12.3. The predicted molar refractivity (Wildman–Crippen MR) is 74.5 cm³/mol. The topological polar surface area (TPSA) is 76.8 Å². The van der Waals surface area contributed by atoms with Gasteiger partial charge in [-0.1, -0.05) is 0 Å². The van der Waals surface area contributed by atoms with Gasteiger partial charge in [0.25, 0.3) is 15.0 Å². The molecular weight excluding hydrogens is 306 g/mol. The fourth-order valence-corrected chi connectivity index (χ4v) is 2.83. The van der Waals surface area contributed by atoms with Crippen LogP contribution in [0.1, 0.15) is 30.2 Å². The Balaban J connectivity index is 3.07. The summed E-state index contributed by atoms with van der Waals surface area (Å²) >= 11 is 0. The third kappa shape index (κ3) is 3.97. The highest BCUT2D eigenvalue weighted by Crippen LogP contribution is 2.24. The van der Waals surface area contributed by atoms with Gasteiger partial charge in [0.2, 0.25) is 0 Å². The highest BCUT2D eigenvalue weighted by atomic mass is 35.7. The molecule has 1 aromatic rings. The van der Waals surface area contributed by atoms with Crippen molar-refractivity contribution in [3.8, 4) is 0 Å². The van der Waals surface area contributed by atoms with Crippen molar-refractivity contribution in [3.05, 3.63) is 17.6 Å². The van der Waals surface area contributed by atoms with Crippen LogP contribution in [0, 0.1) is 6.92 Å². The van der Waals surface area contributed by atoms with Gasteiger partial charge >= 0.3 is 0 Å². The van der Waals surface area contributed by atoms with Crippen molar-refractivity contribution in [2.24, 2.45) is 0 Å². The van der Waals surface area contributed by atoms with Gasteiger partial charge in [-0.3, -0.25) is 4.79 Å². The SMILES string of the molecule is COCCN(C(=O)c1cc(S(=O)(=O)Cl)c(C)o1)C(C)C. The molecule has 0 radical (unpaired) electrons. The molecule has 114 valence electrons. The lowest BCUT2D eigenvalue weighted by molar-refractivity contribution is 0.0602. The molecule has 8 heteroatoms. The molecule has 20 heavy (non-hydrogen) atoms. The second-order valence-corrected chi connectivity index (χ2v) is 7.09. The first kappa shape index (κ1) is 17.0. The average molecular weight is 324 g/mol. The van der Waals surface area contributed by atoms with E-state index >= 15 is 0 Å². The van der Waals surface area contributed by atoms with Crippen LogP contribution < -0.4 is 0 Å².